The minimum Gasteiger partial charge on any atom is -0.381 e. The molecule has 98 valence electrons. The lowest BCUT2D eigenvalue weighted by atomic mass is 9.82. The molecule has 1 saturated heterocycles. The monoisotopic (exact) mass is 251 g/mol. The van der Waals surface area contributed by atoms with Crippen LogP contribution in [0.4, 0.5) is 4.39 Å². The maximum absolute atomic E-state index is 12.7. The van der Waals surface area contributed by atoms with E-state index in [2.05, 4.69) is 12.2 Å². The fourth-order valence-electron chi connectivity index (χ4n) is 2.04. The SMILES string of the molecule is CC1(CNC(=O)c2ccc(F)cc2)CCOCC1. The van der Waals surface area contributed by atoms with Gasteiger partial charge < -0.3 is 10.1 Å². The quantitative estimate of drug-likeness (QED) is 0.895. The Kier molecular flexibility index (Phi) is 3.97. The van der Waals surface area contributed by atoms with Crippen molar-refractivity contribution in [2.45, 2.75) is 19.8 Å². The maximum atomic E-state index is 12.7. The third-order valence-corrected chi connectivity index (χ3v) is 3.48. The van der Waals surface area contributed by atoms with Gasteiger partial charge in [-0.3, -0.25) is 4.79 Å². The molecule has 2 rings (SSSR count). The van der Waals surface area contributed by atoms with E-state index < -0.39 is 0 Å². The van der Waals surface area contributed by atoms with Crippen LogP contribution in [0.25, 0.3) is 0 Å². The minimum atomic E-state index is -0.331. The van der Waals surface area contributed by atoms with E-state index in [0.717, 1.165) is 26.1 Å². The highest BCUT2D eigenvalue weighted by Crippen LogP contribution is 2.28. The number of hydrogen-bond donors (Lipinski definition) is 1. The summed E-state index contributed by atoms with van der Waals surface area (Å²) in [6, 6.07) is 5.59. The molecular weight excluding hydrogens is 233 g/mol. The van der Waals surface area contributed by atoms with Crippen molar-refractivity contribution in [3.63, 3.8) is 0 Å². The summed E-state index contributed by atoms with van der Waals surface area (Å²) in [4.78, 5) is 11.9. The molecule has 1 heterocycles. The Morgan fingerprint density at radius 3 is 2.56 bits per heavy atom. The summed E-state index contributed by atoms with van der Waals surface area (Å²) in [5.74, 6) is -0.481. The van der Waals surface area contributed by atoms with Gasteiger partial charge in [0.05, 0.1) is 0 Å². The number of halogens is 1. The molecule has 0 bridgehead atoms. The highest BCUT2D eigenvalue weighted by Gasteiger charge is 2.27. The van der Waals surface area contributed by atoms with E-state index in [0.29, 0.717) is 12.1 Å². The first-order valence-electron chi connectivity index (χ1n) is 6.21. The van der Waals surface area contributed by atoms with Gasteiger partial charge >= 0.3 is 0 Å². The Balaban J connectivity index is 1.89. The van der Waals surface area contributed by atoms with E-state index in [4.69, 9.17) is 4.74 Å². The van der Waals surface area contributed by atoms with Gasteiger partial charge in [-0.15, -0.1) is 0 Å². The van der Waals surface area contributed by atoms with Crippen LogP contribution in [0.2, 0.25) is 0 Å². The first kappa shape index (κ1) is 13.0. The summed E-state index contributed by atoms with van der Waals surface area (Å²) in [5.41, 5.74) is 0.598. The van der Waals surface area contributed by atoms with Crippen molar-refractivity contribution < 1.29 is 13.9 Å². The summed E-state index contributed by atoms with van der Waals surface area (Å²) < 4.78 is 18.1. The lowest BCUT2D eigenvalue weighted by molar-refractivity contribution is 0.0238. The van der Waals surface area contributed by atoms with Gasteiger partial charge in [0.15, 0.2) is 0 Å². The van der Waals surface area contributed by atoms with Gasteiger partial charge in [-0.25, -0.2) is 4.39 Å². The molecule has 0 aromatic heterocycles. The van der Waals surface area contributed by atoms with E-state index in [1.807, 2.05) is 0 Å². The third-order valence-electron chi connectivity index (χ3n) is 3.48. The standard InChI is InChI=1S/C14H18FNO2/c1-14(6-8-18-9-7-14)10-16-13(17)11-2-4-12(15)5-3-11/h2-5H,6-10H2,1H3,(H,16,17). The lowest BCUT2D eigenvalue weighted by Gasteiger charge is -2.33. The first-order chi connectivity index (χ1) is 8.59. The van der Waals surface area contributed by atoms with Crippen LogP contribution >= 0.6 is 0 Å². The number of carbonyl (C=O) groups excluding carboxylic acids is 1. The number of carbonyl (C=O) groups is 1. The van der Waals surface area contributed by atoms with Gasteiger partial charge in [0.25, 0.3) is 5.91 Å². The molecule has 0 unspecified atom stereocenters. The average molecular weight is 251 g/mol. The highest BCUT2D eigenvalue weighted by atomic mass is 19.1. The maximum Gasteiger partial charge on any atom is 0.251 e. The topological polar surface area (TPSA) is 38.3 Å². The van der Waals surface area contributed by atoms with Crippen LogP contribution in [0.5, 0.6) is 0 Å². The van der Waals surface area contributed by atoms with E-state index >= 15 is 0 Å². The van der Waals surface area contributed by atoms with Crippen molar-refractivity contribution in [1.29, 1.82) is 0 Å². The zero-order chi connectivity index (χ0) is 13.0. The number of ether oxygens (including phenoxy) is 1. The molecule has 1 fully saturated rings. The number of nitrogens with one attached hydrogen (secondary N) is 1. The smallest absolute Gasteiger partial charge is 0.251 e. The molecule has 0 saturated carbocycles. The Morgan fingerprint density at radius 2 is 1.94 bits per heavy atom. The molecule has 1 aliphatic heterocycles. The van der Waals surface area contributed by atoms with Crippen molar-refractivity contribution >= 4 is 5.91 Å². The second-order valence-corrected chi connectivity index (χ2v) is 5.11. The molecule has 4 heteroatoms. The summed E-state index contributed by atoms with van der Waals surface area (Å²) in [6.07, 6.45) is 1.91. The van der Waals surface area contributed by atoms with Gasteiger partial charge in [-0.2, -0.15) is 0 Å². The first-order valence-corrected chi connectivity index (χ1v) is 6.21. The molecule has 1 amide bonds. The van der Waals surface area contributed by atoms with Crippen molar-refractivity contribution in [3.8, 4) is 0 Å². The summed E-state index contributed by atoms with van der Waals surface area (Å²) in [6.45, 7) is 4.29. The van der Waals surface area contributed by atoms with Crippen molar-refractivity contribution in [1.82, 2.24) is 5.32 Å². The molecule has 1 aliphatic rings. The number of rotatable bonds is 3. The van der Waals surface area contributed by atoms with Crippen LogP contribution in [-0.2, 0) is 4.74 Å². The molecule has 0 atom stereocenters. The Morgan fingerprint density at radius 1 is 1.33 bits per heavy atom. The molecule has 1 N–H and O–H groups in total. The molecule has 0 spiro atoms. The molecule has 0 aliphatic carbocycles. The second kappa shape index (κ2) is 5.48. The van der Waals surface area contributed by atoms with Gasteiger partial charge in [0.2, 0.25) is 0 Å². The van der Waals surface area contributed by atoms with Gasteiger partial charge in [0, 0.05) is 25.3 Å². The predicted molar refractivity (Wildman–Crippen MR) is 66.9 cm³/mol. The predicted octanol–water partition coefficient (Wildman–Crippen LogP) is 2.37. The van der Waals surface area contributed by atoms with Crippen molar-refractivity contribution in [2.75, 3.05) is 19.8 Å². The second-order valence-electron chi connectivity index (χ2n) is 5.11. The van der Waals surface area contributed by atoms with Crippen LogP contribution < -0.4 is 5.32 Å². The van der Waals surface area contributed by atoms with Crippen LogP contribution in [0.15, 0.2) is 24.3 Å². The summed E-state index contributed by atoms with van der Waals surface area (Å²) >= 11 is 0. The van der Waals surface area contributed by atoms with Crippen molar-refractivity contribution in [3.05, 3.63) is 35.6 Å². The van der Waals surface area contributed by atoms with Crippen LogP contribution in [0.3, 0.4) is 0 Å². The Hall–Kier alpha value is -1.42. The van der Waals surface area contributed by atoms with Gasteiger partial charge in [0.1, 0.15) is 5.82 Å². The molecule has 18 heavy (non-hydrogen) atoms. The fraction of sp³-hybridized carbons (Fsp3) is 0.500. The zero-order valence-electron chi connectivity index (χ0n) is 10.5. The molecule has 3 nitrogen and oxygen atoms in total. The molecule has 1 aromatic rings. The molecule has 0 radical (unpaired) electrons. The minimum absolute atomic E-state index is 0.105. The van der Waals surface area contributed by atoms with Crippen LogP contribution in [0, 0.1) is 11.2 Å². The Bertz CT molecular complexity index is 410. The Labute approximate surface area is 106 Å². The highest BCUT2D eigenvalue weighted by molar-refractivity contribution is 5.94. The largest absolute Gasteiger partial charge is 0.381 e. The van der Waals surface area contributed by atoms with Crippen molar-refractivity contribution in [2.24, 2.45) is 5.41 Å². The summed E-state index contributed by atoms with van der Waals surface area (Å²) in [7, 11) is 0. The number of amides is 1. The zero-order valence-corrected chi connectivity index (χ0v) is 10.5. The van der Waals surface area contributed by atoms with E-state index in [1.165, 1.54) is 24.3 Å². The van der Waals surface area contributed by atoms with Crippen LogP contribution in [-0.4, -0.2) is 25.7 Å². The van der Waals surface area contributed by atoms with E-state index in [9.17, 15) is 9.18 Å². The molecule has 1 aromatic carbocycles. The van der Waals surface area contributed by atoms with E-state index in [1.54, 1.807) is 0 Å². The fourth-order valence-corrected chi connectivity index (χ4v) is 2.04. The lowest BCUT2D eigenvalue weighted by Crippen LogP contribution is -2.39. The van der Waals surface area contributed by atoms with Crippen LogP contribution in [0.1, 0.15) is 30.1 Å². The number of hydrogen-bond acceptors (Lipinski definition) is 2. The van der Waals surface area contributed by atoms with Gasteiger partial charge in [-0.05, 0) is 42.5 Å². The number of benzene rings is 1. The average Bonchev–Trinajstić information content (AvgIpc) is 2.38. The van der Waals surface area contributed by atoms with Gasteiger partial charge in [-0.1, -0.05) is 6.92 Å². The molecular formula is C14H18FNO2. The summed E-state index contributed by atoms with van der Waals surface area (Å²) in [5, 5.41) is 2.91. The third kappa shape index (κ3) is 3.29. The van der Waals surface area contributed by atoms with E-state index in [-0.39, 0.29) is 17.1 Å². The normalized spacial score (nSPS) is 18.3.